The van der Waals surface area contributed by atoms with Crippen molar-refractivity contribution in [2.75, 3.05) is 26.2 Å². The first-order valence-corrected chi connectivity index (χ1v) is 9.70. The zero-order valence-electron chi connectivity index (χ0n) is 15.7. The standard InChI is InChI=1S/C18H39N5O2/c19-11-7-3-1-5-9-17(24)15(21)13-23-14-16(22)18(25)10-6-2-4-8-12-20/h15-16,23H,1-14,19-22H2. The Balaban J connectivity index is 3.71. The van der Waals surface area contributed by atoms with E-state index < -0.39 is 12.1 Å². The van der Waals surface area contributed by atoms with Gasteiger partial charge < -0.3 is 28.3 Å². The van der Waals surface area contributed by atoms with E-state index in [0.29, 0.717) is 39.0 Å². The van der Waals surface area contributed by atoms with E-state index in [-0.39, 0.29) is 11.6 Å². The van der Waals surface area contributed by atoms with Crippen LogP contribution in [0.3, 0.4) is 0 Å². The first-order valence-electron chi connectivity index (χ1n) is 9.70. The highest BCUT2D eigenvalue weighted by atomic mass is 16.1. The fraction of sp³-hybridized carbons (Fsp3) is 0.889. The number of hydrogen-bond acceptors (Lipinski definition) is 7. The molecule has 2 atom stereocenters. The molecule has 0 radical (unpaired) electrons. The Morgan fingerprint density at radius 1 is 0.640 bits per heavy atom. The largest absolute Gasteiger partial charge is 0.330 e. The van der Waals surface area contributed by atoms with Crippen molar-refractivity contribution in [2.45, 2.75) is 76.3 Å². The maximum absolute atomic E-state index is 11.9. The zero-order chi connectivity index (χ0) is 18.9. The predicted octanol–water partition coefficient (Wildman–Crippen LogP) is 0.187. The summed E-state index contributed by atoms with van der Waals surface area (Å²) >= 11 is 0. The first kappa shape index (κ1) is 24.1. The van der Waals surface area contributed by atoms with Crippen LogP contribution in [0.4, 0.5) is 0 Å². The van der Waals surface area contributed by atoms with Crippen LogP contribution in [0.5, 0.6) is 0 Å². The van der Waals surface area contributed by atoms with Crippen LogP contribution in [0, 0.1) is 0 Å². The molecule has 0 aromatic carbocycles. The van der Waals surface area contributed by atoms with E-state index >= 15 is 0 Å². The number of Topliss-reactive ketones (excluding diaryl/α,β-unsaturated/α-hetero) is 2. The van der Waals surface area contributed by atoms with Crippen LogP contribution >= 0.6 is 0 Å². The van der Waals surface area contributed by atoms with E-state index in [4.69, 9.17) is 22.9 Å². The lowest BCUT2D eigenvalue weighted by molar-refractivity contribution is -0.120. The van der Waals surface area contributed by atoms with Gasteiger partial charge in [0.15, 0.2) is 11.6 Å². The molecule has 0 saturated heterocycles. The summed E-state index contributed by atoms with van der Waals surface area (Å²) in [6, 6.07) is -1.07. The van der Waals surface area contributed by atoms with Crippen LogP contribution < -0.4 is 28.3 Å². The Bertz CT molecular complexity index is 320. The molecule has 2 unspecified atom stereocenters. The second kappa shape index (κ2) is 16.6. The van der Waals surface area contributed by atoms with Crippen LogP contribution in [0.25, 0.3) is 0 Å². The van der Waals surface area contributed by atoms with Gasteiger partial charge >= 0.3 is 0 Å². The lowest BCUT2D eigenvalue weighted by Crippen LogP contribution is -2.46. The van der Waals surface area contributed by atoms with E-state index in [1.807, 2.05) is 0 Å². The van der Waals surface area contributed by atoms with Gasteiger partial charge in [0.2, 0.25) is 0 Å². The van der Waals surface area contributed by atoms with Crippen molar-refractivity contribution >= 4 is 11.6 Å². The molecule has 0 spiro atoms. The summed E-state index contributed by atoms with van der Waals surface area (Å²) in [5.74, 6) is 0.111. The molecule has 0 amide bonds. The molecule has 7 nitrogen and oxygen atoms in total. The van der Waals surface area contributed by atoms with Crippen LogP contribution in [-0.4, -0.2) is 49.8 Å². The van der Waals surface area contributed by atoms with Crippen molar-refractivity contribution < 1.29 is 9.59 Å². The summed E-state index contributed by atoms with van der Waals surface area (Å²) in [6.07, 6.45) is 8.84. The topological polar surface area (TPSA) is 150 Å². The summed E-state index contributed by atoms with van der Waals surface area (Å²) in [6.45, 7) is 2.12. The minimum absolute atomic E-state index is 0.0556. The van der Waals surface area contributed by atoms with Gasteiger partial charge in [-0.25, -0.2) is 0 Å². The summed E-state index contributed by atoms with van der Waals surface area (Å²) < 4.78 is 0. The Morgan fingerprint density at radius 3 is 1.36 bits per heavy atom. The zero-order valence-corrected chi connectivity index (χ0v) is 15.7. The van der Waals surface area contributed by atoms with Crippen LogP contribution in [-0.2, 0) is 9.59 Å². The summed E-state index contributed by atoms with van der Waals surface area (Å²) in [7, 11) is 0. The predicted molar refractivity (Wildman–Crippen MR) is 103 cm³/mol. The van der Waals surface area contributed by atoms with Crippen LogP contribution in [0.2, 0.25) is 0 Å². The molecule has 0 rings (SSSR count). The Morgan fingerprint density at radius 2 is 1.00 bits per heavy atom. The monoisotopic (exact) mass is 357 g/mol. The minimum atomic E-state index is -0.534. The number of nitrogens with two attached hydrogens (primary N) is 4. The van der Waals surface area contributed by atoms with Crippen molar-refractivity contribution in [1.82, 2.24) is 5.32 Å². The number of nitrogens with one attached hydrogen (secondary N) is 1. The number of unbranched alkanes of at least 4 members (excludes halogenated alkanes) is 6. The molecule has 0 heterocycles. The van der Waals surface area contributed by atoms with Crippen molar-refractivity contribution in [3.63, 3.8) is 0 Å². The molecule has 0 saturated carbocycles. The van der Waals surface area contributed by atoms with Gasteiger partial charge in [0, 0.05) is 25.9 Å². The fourth-order valence-electron chi connectivity index (χ4n) is 2.59. The third kappa shape index (κ3) is 14.0. The van der Waals surface area contributed by atoms with E-state index in [1.165, 1.54) is 0 Å². The summed E-state index contributed by atoms with van der Waals surface area (Å²) in [4.78, 5) is 23.8. The summed E-state index contributed by atoms with van der Waals surface area (Å²) in [5, 5.41) is 3.04. The van der Waals surface area contributed by atoms with Gasteiger partial charge in [0.05, 0.1) is 12.1 Å². The van der Waals surface area contributed by atoms with Crippen LogP contribution in [0.15, 0.2) is 0 Å². The quantitative estimate of drug-likeness (QED) is 0.220. The average molecular weight is 358 g/mol. The molecule has 0 aromatic heterocycles. The van der Waals surface area contributed by atoms with E-state index in [0.717, 1.165) is 51.4 Å². The highest BCUT2D eigenvalue weighted by Crippen LogP contribution is 2.05. The Labute approximate surface area is 152 Å². The van der Waals surface area contributed by atoms with Crippen LogP contribution in [0.1, 0.15) is 64.2 Å². The molecule has 9 N–H and O–H groups in total. The molecular formula is C18H39N5O2. The van der Waals surface area contributed by atoms with Gasteiger partial charge in [-0.15, -0.1) is 0 Å². The maximum Gasteiger partial charge on any atom is 0.150 e. The van der Waals surface area contributed by atoms with Gasteiger partial charge in [-0.2, -0.15) is 0 Å². The molecule has 0 fully saturated rings. The van der Waals surface area contributed by atoms with Gasteiger partial charge in [-0.1, -0.05) is 25.7 Å². The molecule has 0 aliphatic carbocycles. The number of carbonyl (C=O) groups excluding carboxylic acids is 2. The van der Waals surface area contributed by atoms with Crippen molar-refractivity contribution in [3.05, 3.63) is 0 Å². The third-order valence-electron chi connectivity index (χ3n) is 4.31. The molecule has 0 bridgehead atoms. The van der Waals surface area contributed by atoms with Gasteiger partial charge in [0.25, 0.3) is 0 Å². The number of rotatable bonds is 18. The lowest BCUT2D eigenvalue weighted by Gasteiger charge is -2.15. The fourth-order valence-corrected chi connectivity index (χ4v) is 2.59. The molecule has 148 valence electrons. The number of carbonyl (C=O) groups is 2. The molecule has 0 aliphatic rings. The van der Waals surface area contributed by atoms with Crippen molar-refractivity contribution in [2.24, 2.45) is 22.9 Å². The molecule has 7 heteroatoms. The van der Waals surface area contributed by atoms with Gasteiger partial charge in [0.1, 0.15) is 0 Å². The second-order valence-electron chi connectivity index (χ2n) is 6.71. The first-order chi connectivity index (χ1) is 12.0. The SMILES string of the molecule is NCCCCCCC(=O)C(N)CNCC(N)C(=O)CCCCCCN. The summed E-state index contributed by atoms with van der Waals surface area (Å²) in [5.41, 5.74) is 22.6. The molecule has 0 aromatic rings. The van der Waals surface area contributed by atoms with E-state index in [2.05, 4.69) is 5.32 Å². The Hall–Kier alpha value is -0.860. The minimum Gasteiger partial charge on any atom is -0.330 e. The third-order valence-corrected chi connectivity index (χ3v) is 4.31. The second-order valence-corrected chi connectivity index (χ2v) is 6.71. The van der Waals surface area contributed by atoms with E-state index in [9.17, 15) is 9.59 Å². The number of ketones is 2. The average Bonchev–Trinajstić information content (AvgIpc) is 2.60. The van der Waals surface area contributed by atoms with Crippen molar-refractivity contribution in [1.29, 1.82) is 0 Å². The number of hydrogen-bond donors (Lipinski definition) is 5. The molecule has 0 aliphatic heterocycles. The lowest BCUT2D eigenvalue weighted by atomic mass is 10.0. The van der Waals surface area contributed by atoms with Crippen molar-refractivity contribution in [3.8, 4) is 0 Å². The van der Waals surface area contributed by atoms with E-state index in [1.54, 1.807) is 0 Å². The molecule has 25 heavy (non-hydrogen) atoms. The smallest absolute Gasteiger partial charge is 0.150 e. The van der Waals surface area contributed by atoms with Gasteiger partial charge in [-0.05, 0) is 38.8 Å². The van der Waals surface area contributed by atoms with Gasteiger partial charge in [-0.3, -0.25) is 9.59 Å². The normalized spacial score (nSPS) is 13.6. The maximum atomic E-state index is 11.9. The Kier molecular flexibility index (Phi) is 16.0. The molecular weight excluding hydrogens is 318 g/mol. The highest BCUT2D eigenvalue weighted by molar-refractivity contribution is 5.84. The highest BCUT2D eigenvalue weighted by Gasteiger charge is 2.16.